The Morgan fingerprint density at radius 3 is 2.26 bits per heavy atom. The largest absolute Gasteiger partial charge is 0.334 e. The van der Waals surface area contributed by atoms with Crippen LogP contribution in [0.1, 0.15) is 22.3 Å². The van der Waals surface area contributed by atoms with Crippen LogP contribution in [-0.4, -0.2) is 47.8 Å². The molecule has 0 unspecified atom stereocenters. The van der Waals surface area contributed by atoms with E-state index in [1.165, 1.54) is 24.3 Å². The molecular formula is C19H21Cl2N3O3. The van der Waals surface area contributed by atoms with Crippen LogP contribution in [0.2, 0.25) is 10.0 Å². The zero-order chi connectivity index (χ0) is 20.0. The van der Waals surface area contributed by atoms with Gasteiger partial charge in [-0.2, -0.15) is 0 Å². The number of carbonyl (C=O) groups is 1. The van der Waals surface area contributed by atoms with Gasteiger partial charge < -0.3 is 9.80 Å². The van der Waals surface area contributed by atoms with Crippen LogP contribution in [0.25, 0.3) is 0 Å². The maximum Gasteiger partial charge on any atom is 0.269 e. The lowest BCUT2D eigenvalue weighted by atomic mass is 10.1. The minimum Gasteiger partial charge on any atom is -0.334 e. The minimum absolute atomic E-state index is 0.0461. The van der Waals surface area contributed by atoms with E-state index < -0.39 is 4.92 Å². The van der Waals surface area contributed by atoms with E-state index in [-0.39, 0.29) is 11.6 Å². The van der Waals surface area contributed by atoms with Crippen molar-refractivity contribution in [2.75, 3.05) is 27.2 Å². The van der Waals surface area contributed by atoms with Gasteiger partial charge >= 0.3 is 0 Å². The van der Waals surface area contributed by atoms with Crippen molar-refractivity contribution in [3.8, 4) is 0 Å². The first-order valence-corrected chi connectivity index (χ1v) is 9.16. The van der Waals surface area contributed by atoms with E-state index in [0.717, 1.165) is 18.5 Å². The van der Waals surface area contributed by atoms with E-state index in [1.807, 2.05) is 25.1 Å². The van der Waals surface area contributed by atoms with Gasteiger partial charge in [0.1, 0.15) is 0 Å². The van der Waals surface area contributed by atoms with Crippen molar-refractivity contribution in [3.63, 3.8) is 0 Å². The van der Waals surface area contributed by atoms with Gasteiger partial charge in [0.15, 0.2) is 0 Å². The number of hydrogen-bond donors (Lipinski definition) is 0. The SMILES string of the molecule is CN(C)CCCN(Cc1ccc(Cl)c(Cl)c1)C(=O)c1ccc([N+](=O)[O-])cc1. The maximum atomic E-state index is 12.9. The van der Waals surface area contributed by atoms with Crippen molar-refractivity contribution in [2.24, 2.45) is 0 Å². The van der Waals surface area contributed by atoms with E-state index in [1.54, 1.807) is 17.0 Å². The molecule has 0 aliphatic heterocycles. The molecule has 0 aliphatic rings. The summed E-state index contributed by atoms with van der Waals surface area (Å²) in [5, 5.41) is 11.7. The number of nitro groups is 1. The lowest BCUT2D eigenvalue weighted by Gasteiger charge is -2.24. The monoisotopic (exact) mass is 409 g/mol. The quantitative estimate of drug-likeness (QED) is 0.475. The number of hydrogen-bond acceptors (Lipinski definition) is 4. The second-order valence-corrected chi connectivity index (χ2v) is 7.25. The molecule has 0 heterocycles. The fourth-order valence-electron chi connectivity index (χ4n) is 2.60. The number of rotatable bonds is 8. The van der Waals surface area contributed by atoms with Gasteiger partial charge in [0, 0.05) is 30.8 Å². The van der Waals surface area contributed by atoms with Crippen LogP contribution in [0.15, 0.2) is 42.5 Å². The van der Waals surface area contributed by atoms with Crippen LogP contribution in [-0.2, 0) is 6.54 Å². The molecule has 27 heavy (non-hydrogen) atoms. The lowest BCUT2D eigenvalue weighted by Crippen LogP contribution is -2.33. The van der Waals surface area contributed by atoms with Crippen LogP contribution in [0.3, 0.4) is 0 Å². The second kappa shape index (κ2) is 9.69. The molecule has 2 aromatic rings. The predicted molar refractivity (Wildman–Crippen MR) is 107 cm³/mol. The molecule has 0 saturated heterocycles. The van der Waals surface area contributed by atoms with E-state index >= 15 is 0 Å². The molecule has 8 heteroatoms. The molecule has 0 aromatic heterocycles. The molecule has 6 nitrogen and oxygen atoms in total. The molecule has 0 N–H and O–H groups in total. The van der Waals surface area contributed by atoms with Crippen LogP contribution < -0.4 is 0 Å². The fourth-order valence-corrected chi connectivity index (χ4v) is 2.92. The van der Waals surface area contributed by atoms with Crippen LogP contribution in [0.4, 0.5) is 5.69 Å². The molecule has 0 radical (unpaired) electrons. The number of carbonyl (C=O) groups excluding carboxylic acids is 1. The molecule has 0 aliphatic carbocycles. The molecule has 144 valence electrons. The lowest BCUT2D eigenvalue weighted by molar-refractivity contribution is -0.384. The average molecular weight is 410 g/mol. The third kappa shape index (κ3) is 6.20. The Kier molecular flexibility index (Phi) is 7.59. The topological polar surface area (TPSA) is 66.7 Å². The molecule has 0 fully saturated rings. The molecule has 1 amide bonds. The summed E-state index contributed by atoms with van der Waals surface area (Å²) in [4.78, 5) is 27.0. The van der Waals surface area contributed by atoms with E-state index in [0.29, 0.717) is 28.7 Å². The smallest absolute Gasteiger partial charge is 0.269 e. The van der Waals surface area contributed by atoms with Gasteiger partial charge in [0.2, 0.25) is 0 Å². The number of nitro benzene ring substituents is 1. The summed E-state index contributed by atoms with van der Waals surface area (Å²) >= 11 is 12.0. The molecular weight excluding hydrogens is 389 g/mol. The fraction of sp³-hybridized carbons (Fsp3) is 0.316. The highest BCUT2D eigenvalue weighted by atomic mass is 35.5. The van der Waals surface area contributed by atoms with Gasteiger partial charge in [-0.15, -0.1) is 0 Å². The molecule has 0 atom stereocenters. The van der Waals surface area contributed by atoms with Gasteiger partial charge in [0.25, 0.3) is 11.6 Å². The summed E-state index contributed by atoms with van der Waals surface area (Å²) in [6.45, 7) is 1.76. The summed E-state index contributed by atoms with van der Waals surface area (Å²) in [7, 11) is 3.95. The highest BCUT2D eigenvalue weighted by Crippen LogP contribution is 2.24. The Bertz CT molecular complexity index is 810. The molecule has 2 rings (SSSR count). The number of nitrogens with zero attached hydrogens (tertiary/aromatic N) is 3. The summed E-state index contributed by atoms with van der Waals surface area (Å²) in [5.74, 6) is -0.185. The Labute approximate surface area is 168 Å². The second-order valence-electron chi connectivity index (χ2n) is 6.44. The third-order valence-electron chi connectivity index (χ3n) is 4.00. The summed E-state index contributed by atoms with van der Waals surface area (Å²) in [6.07, 6.45) is 0.799. The first-order valence-electron chi connectivity index (χ1n) is 8.40. The normalized spacial score (nSPS) is 10.9. The minimum atomic E-state index is -0.487. The van der Waals surface area contributed by atoms with Gasteiger partial charge in [-0.1, -0.05) is 29.3 Å². The van der Waals surface area contributed by atoms with Crippen LogP contribution in [0.5, 0.6) is 0 Å². The van der Waals surface area contributed by atoms with Crippen molar-refractivity contribution in [2.45, 2.75) is 13.0 Å². The summed E-state index contributed by atoms with van der Waals surface area (Å²) < 4.78 is 0. The molecule has 0 spiro atoms. The van der Waals surface area contributed by atoms with Crippen molar-refractivity contribution in [1.82, 2.24) is 9.80 Å². The van der Waals surface area contributed by atoms with Crippen molar-refractivity contribution < 1.29 is 9.72 Å². The van der Waals surface area contributed by atoms with Crippen molar-refractivity contribution >= 4 is 34.8 Å². The first kappa shape index (κ1) is 21.2. The Morgan fingerprint density at radius 1 is 1.04 bits per heavy atom. The Morgan fingerprint density at radius 2 is 1.70 bits per heavy atom. The van der Waals surface area contributed by atoms with Crippen molar-refractivity contribution in [3.05, 3.63) is 73.8 Å². The first-order chi connectivity index (χ1) is 12.8. The highest BCUT2D eigenvalue weighted by Gasteiger charge is 2.18. The standard InChI is InChI=1S/C19H21Cl2N3O3/c1-22(2)10-3-11-23(13-14-4-9-17(20)18(21)12-14)19(25)15-5-7-16(8-6-15)24(26)27/h4-9,12H,3,10-11,13H2,1-2H3. The predicted octanol–water partition coefficient (Wildman–Crippen LogP) is 4.50. The van der Waals surface area contributed by atoms with Gasteiger partial charge in [-0.25, -0.2) is 0 Å². The average Bonchev–Trinajstić information content (AvgIpc) is 2.63. The number of benzene rings is 2. The number of halogens is 2. The number of amides is 1. The van der Waals surface area contributed by atoms with E-state index in [2.05, 4.69) is 0 Å². The zero-order valence-corrected chi connectivity index (χ0v) is 16.7. The summed E-state index contributed by atoms with van der Waals surface area (Å²) in [6, 6.07) is 10.9. The Hall–Kier alpha value is -2.15. The van der Waals surface area contributed by atoms with Gasteiger partial charge in [-0.05, 0) is 56.9 Å². The summed E-state index contributed by atoms with van der Waals surface area (Å²) in [5.41, 5.74) is 1.23. The zero-order valence-electron chi connectivity index (χ0n) is 15.2. The van der Waals surface area contributed by atoms with E-state index in [4.69, 9.17) is 23.2 Å². The maximum absolute atomic E-state index is 12.9. The molecule has 0 saturated carbocycles. The third-order valence-corrected chi connectivity index (χ3v) is 4.74. The van der Waals surface area contributed by atoms with Gasteiger partial charge in [-0.3, -0.25) is 14.9 Å². The van der Waals surface area contributed by atoms with Gasteiger partial charge in [0.05, 0.1) is 15.0 Å². The van der Waals surface area contributed by atoms with E-state index in [9.17, 15) is 14.9 Å². The highest BCUT2D eigenvalue weighted by molar-refractivity contribution is 6.42. The molecule has 0 bridgehead atoms. The van der Waals surface area contributed by atoms with Crippen LogP contribution in [0, 0.1) is 10.1 Å². The molecule has 2 aromatic carbocycles. The van der Waals surface area contributed by atoms with Crippen molar-refractivity contribution in [1.29, 1.82) is 0 Å². The number of non-ortho nitro benzene ring substituents is 1. The van der Waals surface area contributed by atoms with Crippen LogP contribution >= 0.6 is 23.2 Å². The Balaban J connectivity index is 2.20.